The van der Waals surface area contributed by atoms with Crippen LogP contribution in [-0.2, 0) is 6.67 Å². The molecule has 0 aliphatic heterocycles. The van der Waals surface area contributed by atoms with Crippen molar-refractivity contribution in [3.05, 3.63) is 30.6 Å². The van der Waals surface area contributed by atoms with Crippen molar-refractivity contribution in [2.75, 3.05) is 0 Å². The van der Waals surface area contributed by atoms with E-state index in [2.05, 4.69) is 0 Å². The Balaban J connectivity index is 0.000000640. The Hall–Kier alpha value is -0.160. The van der Waals surface area contributed by atoms with Gasteiger partial charge in [0.25, 0.3) is 0 Å². The highest BCUT2D eigenvalue weighted by molar-refractivity contribution is 4.83. The molecule has 1 aromatic rings. The number of hydrogen-bond acceptors (Lipinski definition) is 1. The molecular formula is C6H9IN2. The maximum atomic E-state index is 5.31. The predicted octanol–water partition coefficient (Wildman–Crippen LogP) is -3.11. The van der Waals surface area contributed by atoms with Gasteiger partial charge in [-0.2, -0.15) is 4.57 Å². The maximum absolute atomic E-state index is 5.31. The molecule has 1 aromatic heterocycles. The summed E-state index contributed by atoms with van der Waals surface area (Å²) in [5.41, 5.74) is 5.31. The second-order valence-corrected chi connectivity index (χ2v) is 1.57. The van der Waals surface area contributed by atoms with Crippen molar-refractivity contribution in [3.63, 3.8) is 0 Å². The van der Waals surface area contributed by atoms with Crippen molar-refractivity contribution in [3.8, 4) is 0 Å². The van der Waals surface area contributed by atoms with Gasteiger partial charge in [-0.05, 0) is 0 Å². The fourth-order valence-electron chi connectivity index (χ4n) is 0.556. The highest BCUT2D eigenvalue weighted by Gasteiger charge is 1.86. The zero-order valence-corrected chi connectivity index (χ0v) is 7.15. The molecule has 0 aromatic carbocycles. The Kier molecular flexibility index (Phi) is 4.61. The molecule has 0 spiro atoms. The van der Waals surface area contributed by atoms with Crippen molar-refractivity contribution in [1.82, 2.24) is 0 Å². The second kappa shape index (κ2) is 4.69. The molecule has 0 unspecified atom stereocenters. The number of hydrogen-bond donors (Lipinski definition) is 1. The first-order valence-corrected chi connectivity index (χ1v) is 2.57. The summed E-state index contributed by atoms with van der Waals surface area (Å²) >= 11 is 0. The van der Waals surface area contributed by atoms with Crippen LogP contribution in [0, 0.1) is 0 Å². The lowest BCUT2D eigenvalue weighted by atomic mass is 10.5. The van der Waals surface area contributed by atoms with Gasteiger partial charge in [-0.15, -0.1) is 0 Å². The van der Waals surface area contributed by atoms with E-state index >= 15 is 0 Å². The zero-order chi connectivity index (χ0) is 5.82. The third-order valence-corrected chi connectivity index (χ3v) is 0.988. The van der Waals surface area contributed by atoms with Crippen molar-refractivity contribution in [2.45, 2.75) is 6.67 Å². The first-order valence-electron chi connectivity index (χ1n) is 2.57. The van der Waals surface area contributed by atoms with Crippen molar-refractivity contribution >= 4 is 0 Å². The van der Waals surface area contributed by atoms with Gasteiger partial charge in [0, 0.05) is 12.1 Å². The molecule has 0 radical (unpaired) electrons. The van der Waals surface area contributed by atoms with Gasteiger partial charge >= 0.3 is 0 Å². The Bertz CT molecular complexity index is 152. The molecule has 1 rings (SSSR count). The first-order chi connectivity index (χ1) is 3.93. The summed E-state index contributed by atoms with van der Waals surface area (Å²) in [7, 11) is 0. The van der Waals surface area contributed by atoms with E-state index in [0.29, 0.717) is 6.67 Å². The molecule has 0 saturated heterocycles. The largest absolute Gasteiger partial charge is 1.00 e. The van der Waals surface area contributed by atoms with Crippen molar-refractivity contribution < 1.29 is 28.5 Å². The number of nitrogens with zero attached hydrogens (tertiary/aromatic N) is 1. The summed E-state index contributed by atoms with van der Waals surface area (Å²) < 4.78 is 1.90. The zero-order valence-electron chi connectivity index (χ0n) is 5.00. The number of nitrogens with two attached hydrogens (primary N) is 1. The normalized spacial score (nSPS) is 8.11. The number of aromatic nitrogens is 1. The number of halogens is 1. The minimum Gasteiger partial charge on any atom is -1.00 e. The van der Waals surface area contributed by atoms with Crippen LogP contribution in [0.3, 0.4) is 0 Å². The quantitative estimate of drug-likeness (QED) is 0.406. The van der Waals surface area contributed by atoms with E-state index in [1.807, 2.05) is 35.2 Å². The summed E-state index contributed by atoms with van der Waals surface area (Å²) in [4.78, 5) is 0. The van der Waals surface area contributed by atoms with E-state index in [-0.39, 0.29) is 24.0 Å². The number of rotatable bonds is 1. The lowest BCUT2D eigenvalue weighted by Gasteiger charge is -1.84. The third kappa shape index (κ3) is 2.76. The van der Waals surface area contributed by atoms with Crippen molar-refractivity contribution in [1.29, 1.82) is 0 Å². The lowest BCUT2D eigenvalue weighted by Crippen LogP contribution is -3.00. The van der Waals surface area contributed by atoms with E-state index in [4.69, 9.17) is 5.73 Å². The first kappa shape index (κ1) is 8.84. The molecule has 0 aliphatic rings. The summed E-state index contributed by atoms with van der Waals surface area (Å²) in [6, 6.07) is 5.87. The van der Waals surface area contributed by atoms with E-state index in [9.17, 15) is 0 Å². The molecule has 3 heteroatoms. The Morgan fingerprint density at radius 3 is 2.00 bits per heavy atom. The maximum Gasteiger partial charge on any atom is 0.199 e. The van der Waals surface area contributed by atoms with Gasteiger partial charge in [-0.1, -0.05) is 6.07 Å². The average Bonchev–Trinajstić information content (AvgIpc) is 1.90. The predicted molar refractivity (Wildman–Crippen MR) is 30.8 cm³/mol. The minimum absolute atomic E-state index is 0. The molecule has 1 heterocycles. The minimum atomic E-state index is 0. The standard InChI is InChI=1S/C6H9N2.HI/c7-6-8-4-2-1-3-5-8;/h1-5H,6-7H2;1H/q+1;/p-1. The fourth-order valence-corrected chi connectivity index (χ4v) is 0.556. The fraction of sp³-hybridized carbons (Fsp3) is 0.167. The highest BCUT2D eigenvalue weighted by Crippen LogP contribution is 1.73. The topological polar surface area (TPSA) is 29.9 Å². The molecular weight excluding hydrogens is 227 g/mol. The van der Waals surface area contributed by atoms with Gasteiger partial charge in [-0.3, -0.25) is 5.73 Å². The number of pyridine rings is 1. The summed E-state index contributed by atoms with van der Waals surface area (Å²) in [5, 5.41) is 0. The van der Waals surface area contributed by atoms with Gasteiger partial charge in [-0.25, -0.2) is 0 Å². The molecule has 2 N–H and O–H groups in total. The van der Waals surface area contributed by atoms with Crippen LogP contribution >= 0.6 is 0 Å². The average molecular weight is 236 g/mol. The summed E-state index contributed by atoms with van der Waals surface area (Å²) in [6.45, 7) is 0.556. The summed E-state index contributed by atoms with van der Waals surface area (Å²) in [6.07, 6.45) is 3.86. The van der Waals surface area contributed by atoms with Crippen LogP contribution in [-0.4, -0.2) is 0 Å². The SMILES string of the molecule is NC[n+]1ccccc1.[I-]. The Morgan fingerprint density at radius 1 is 1.11 bits per heavy atom. The molecule has 0 amide bonds. The molecule has 0 atom stereocenters. The van der Waals surface area contributed by atoms with Gasteiger partial charge in [0.15, 0.2) is 19.1 Å². The van der Waals surface area contributed by atoms with Crippen LogP contribution in [0.1, 0.15) is 0 Å². The van der Waals surface area contributed by atoms with E-state index in [1.165, 1.54) is 0 Å². The van der Waals surface area contributed by atoms with Crippen molar-refractivity contribution in [2.24, 2.45) is 5.73 Å². The van der Waals surface area contributed by atoms with Crippen LogP contribution in [0.25, 0.3) is 0 Å². The lowest BCUT2D eigenvalue weighted by molar-refractivity contribution is -0.696. The second-order valence-electron chi connectivity index (χ2n) is 1.57. The van der Waals surface area contributed by atoms with E-state index in [0.717, 1.165) is 0 Å². The Morgan fingerprint density at radius 2 is 1.67 bits per heavy atom. The van der Waals surface area contributed by atoms with Gasteiger partial charge < -0.3 is 24.0 Å². The van der Waals surface area contributed by atoms with Crippen LogP contribution in [0.2, 0.25) is 0 Å². The summed E-state index contributed by atoms with van der Waals surface area (Å²) in [5.74, 6) is 0. The van der Waals surface area contributed by atoms with Crippen LogP contribution in [0.5, 0.6) is 0 Å². The van der Waals surface area contributed by atoms with E-state index < -0.39 is 0 Å². The van der Waals surface area contributed by atoms with Crippen LogP contribution < -0.4 is 34.3 Å². The third-order valence-electron chi connectivity index (χ3n) is 0.988. The van der Waals surface area contributed by atoms with Crippen LogP contribution in [0.4, 0.5) is 0 Å². The molecule has 0 saturated carbocycles. The molecule has 2 nitrogen and oxygen atoms in total. The highest BCUT2D eigenvalue weighted by atomic mass is 127. The van der Waals surface area contributed by atoms with Gasteiger partial charge in [0.1, 0.15) is 0 Å². The van der Waals surface area contributed by atoms with Crippen LogP contribution in [0.15, 0.2) is 30.6 Å². The Labute approximate surface area is 71.7 Å². The van der Waals surface area contributed by atoms with E-state index in [1.54, 1.807) is 0 Å². The molecule has 9 heavy (non-hydrogen) atoms. The smallest absolute Gasteiger partial charge is 0.199 e. The van der Waals surface area contributed by atoms with Gasteiger partial charge in [0.2, 0.25) is 0 Å². The molecule has 50 valence electrons. The molecule has 0 aliphatic carbocycles. The monoisotopic (exact) mass is 236 g/mol. The molecule has 0 fully saturated rings. The molecule has 0 bridgehead atoms. The van der Waals surface area contributed by atoms with Gasteiger partial charge in [0.05, 0.1) is 0 Å².